The molecule has 0 radical (unpaired) electrons. The highest BCUT2D eigenvalue weighted by atomic mass is 16.8. The van der Waals surface area contributed by atoms with Gasteiger partial charge < -0.3 is 4.98 Å². The predicted octanol–water partition coefficient (Wildman–Crippen LogP) is 2.45. The van der Waals surface area contributed by atoms with Crippen LogP contribution in [-0.2, 0) is 4.84 Å². The van der Waals surface area contributed by atoms with Gasteiger partial charge in [0, 0.05) is 28.7 Å². The normalized spacial score (nSPS) is 10.4. The van der Waals surface area contributed by atoms with Crippen molar-refractivity contribution >= 4 is 16.6 Å². The van der Waals surface area contributed by atoms with E-state index in [1.807, 2.05) is 25.3 Å². The molecule has 0 aliphatic heterocycles. The third-order valence-corrected chi connectivity index (χ3v) is 2.34. The van der Waals surface area contributed by atoms with Crippen molar-refractivity contribution in [2.75, 3.05) is 7.11 Å². The maximum Gasteiger partial charge on any atom is 0.320 e. The van der Waals surface area contributed by atoms with Crippen LogP contribution in [0.5, 0.6) is 0 Å². The van der Waals surface area contributed by atoms with Crippen molar-refractivity contribution < 1.29 is 9.76 Å². The molecule has 0 bridgehead atoms. The molecule has 0 fully saturated rings. The molecule has 2 rings (SSSR count). The topological polar surface area (TPSA) is 45.1 Å². The van der Waals surface area contributed by atoms with Crippen LogP contribution in [0.25, 0.3) is 10.9 Å². The molecular weight excluding hydrogens is 180 g/mol. The molecule has 0 saturated carbocycles. The van der Waals surface area contributed by atoms with Crippen LogP contribution in [0.4, 0.5) is 5.69 Å². The summed E-state index contributed by atoms with van der Waals surface area (Å²) in [6.45, 7) is 1.90. The Balaban J connectivity index is 2.67. The molecule has 0 saturated heterocycles. The second kappa shape index (κ2) is 3.14. The minimum absolute atomic E-state index is 0.516. The molecule has 0 amide bonds. The fraction of sp³-hybridized carbons (Fsp3) is 0.200. The molecule has 4 nitrogen and oxygen atoms in total. The van der Waals surface area contributed by atoms with Crippen molar-refractivity contribution in [3.8, 4) is 0 Å². The van der Waals surface area contributed by atoms with Gasteiger partial charge in [-0.05, 0) is 19.1 Å². The van der Waals surface area contributed by atoms with E-state index in [1.54, 1.807) is 6.07 Å². The second-order valence-electron chi connectivity index (χ2n) is 3.09. The number of nitrogens with zero attached hydrogens (tertiary/aromatic N) is 1. The lowest BCUT2D eigenvalue weighted by Gasteiger charge is -1.96. The van der Waals surface area contributed by atoms with Gasteiger partial charge in [0.15, 0.2) is 7.11 Å². The lowest BCUT2D eigenvalue weighted by molar-refractivity contribution is -0.736. The third kappa shape index (κ3) is 1.16. The molecule has 0 spiro atoms. The number of H-pyrrole nitrogens is 1. The average Bonchev–Trinajstić information content (AvgIpc) is 2.66. The van der Waals surface area contributed by atoms with Gasteiger partial charge in [-0.15, -0.1) is 0 Å². The van der Waals surface area contributed by atoms with Gasteiger partial charge in [-0.1, -0.05) is 0 Å². The van der Waals surface area contributed by atoms with E-state index >= 15 is 0 Å². The smallest absolute Gasteiger partial charge is 0.320 e. The molecule has 1 heterocycles. The first-order valence-electron chi connectivity index (χ1n) is 4.32. The summed E-state index contributed by atoms with van der Waals surface area (Å²) in [4.78, 5) is 19.5. The van der Waals surface area contributed by atoms with Gasteiger partial charge in [-0.2, -0.15) is 0 Å². The number of aromatic amines is 1. The van der Waals surface area contributed by atoms with Crippen LogP contribution < -0.4 is 0 Å². The number of nitrogens with one attached hydrogen (secondary N) is 1. The van der Waals surface area contributed by atoms with Gasteiger partial charge in [0.1, 0.15) is 0 Å². The SMILES string of the molecule is CO[N+](=O)c1ccc2[nH]ccc2c1C. The minimum Gasteiger partial charge on any atom is -0.361 e. The summed E-state index contributed by atoms with van der Waals surface area (Å²) in [5.74, 6) is 0. The van der Waals surface area contributed by atoms with Crippen molar-refractivity contribution in [3.05, 3.63) is 34.9 Å². The van der Waals surface area contributed by atoms with Crippen molar-refractivity contribution in [1.82, 2.24) is 4.98 Å². The lowest BCUT2D eigenvalue weighted by Crippen LogP contribution is -1.99. The molecule has 0 atom stereocenters. The highest BCUT2D eigenvalue weighted by Crippen LogP contribution is 2.26. The molecular formula is C10H11N2O2+. The molecule has 1 aromatic heterocycles. The van der Waals surface area contributed by atoms with Crippen LogP contribution >= 0.6 is 0 Å². The standard InChI is InChI=1S/C10H11N2O2/c1-7-8-5-6-11-9(8)3-4-10(7)12(13)14-2/h3-6,11H,1-2H3/q+1. The zero-order valence-corrected chi connectivity index (χ0v) is 8.07. The summed E-state index contributed by atoms with van der Waals surface area (Å²) in [5.41, 5.74) is 2.48. The Hall–Kier alpha value is -1.84. The van der Waals surface area contributed by atoms with E-state index in [0.29, 0.717) is 10.6 Å². The fourth-order valence-electron chi connectivity index (χ4n) is 1.57. The second-order valence-corrected chi connectivity index (χ2v) is 3.09. The molecule has 0 aliphatic carbocycles. The number of hydrogen-bond donors (Lipinski definition) is 1. The van der Waals surface area contributed by atoms with Crippen LogP contribution in [0.2, 0.25) is 0 Å². The number of rotatable bonds is 2. The maximum atomic E-state index is 11.3. The van der Waals surface area contributed by atoms with Gasteiger partial charge in [-0.25, -0.2) is 4.84 Å². The molecule has 1 aromatic carbocycles. The Kier molecular flexibility index (Phi) is 1.96. The Morgan fingerprint density at radius 2 is 2.14 bits per heavy atom. The summed E-state index contributed by atoms with van der Waals surface area (Å²) in [7, 11) is 1.35. The van der Waals surface area contributed by atoms with E-state index in [9.17, 15) is 4.91 Å². The largest absolute Gasteiger partial charge is 0.361 e. The first-order chi connectivity index (χ1) is 6.74. The van der Waals surface area contributed by atoms with Gasteiger partial charge in [0.05, 0.1) is 4.91 Å². The number of fused-ring (bicyclic) bond motifs is 1. The molecule has 2 aromatic rings. The summed E-state index contributed by atoms with van der Waals surface area (Å²) < 4.78 is 0. The zero-order valence-electron chi connectivity index (χ0n) is 8.07. The number of hydrogen-bond acceptors (Lipinski definition) is 2. The van der Waals surface area contributed by atoms with E-state index in [-0.39, 0.29) is 0 Å². The van der Waals surface area contributed by atoms with E-state index in [0.717, 1.165) is 16.5 Å². The number of aryl methyl sites for hydroxylation is 1. The monoisotopic (exact) mass is 191 g/mol. The summed E-state index contributed by atoms with van der Waals surface area (Å²) in [6, 6.07) is 5.55. The van der Waals surface area contributed by atoms with Gasteiger partial charge in [-0.3, -0.25) is 0 Å². The van der Waals surface area contributed by atoms with Crippen LogP contribution in [-0.4, -0.2) is 17.0 Å². The molecule has 72 valence electrons. The average molecular weight is 191 g/mol. The first-order valence-corrected chi connectivity index (χ1v) is 4.32. The van der Waals surface area contributed by atoms with E-state index in [2.05, 4.69) is 9.82 Å². The quantitative estimate of drug-likeness (QED) is 0.741. The highest BCUT2D eigenvalue weighted by molar-refractivity contribution is 5.85. The van der Waals surface area contributed by atoms with E-state index in [1.165, 1.54) is 7.11 Å². The van der Waals surface area contributed by atoms with Crippen molar-refractivity contribution in [2.24, 2.45) is 0 Å². The van der Waals surface area contributed by atoms with Crippen LogP contribution in [0, 0.1) is 11.8 Å². The van der Waals surface area contributed by atoms with Gasteiger partial charge in [0.2, 0.25) is 0 Å². The molecule has 4 heteroatoms. The maximum absolute atomic E-state index is 11.3. The molecule has 0 unspecified atom stereocenters. The van der Waals surface area contributed by atoms with Gasteiger partial charge >= 0.3 is 5.69 Å². The summed E-state index contributed by atoms with van der Waals surface area (Å²) >= 11 is 0. The van der Waals surface area contributed by atoms with E-state index in [4.69, 9.17) is 0 Å². The number of aromatic nitrogens is 1. The predicted molar refractivity (Wildman–Crippen MR) is 53.3 cm³/mol. The minimum atomic E-state index is 0.516. The van der Waals surface area contributed by atoms with Crippen molar-refractivity contribution in [2.45, 2.75) is 6.92 Å². The molecule has 0 aliphatic rings. The number of benzene rings is 1. The molecule has 14 heavy (non-hydrogen) atoms. The van der Waals surface area contributed by atoms with Crippen LogP contribution in [0.15, 0.2) is 24.4 Å². The Bertz CT molecular complexity index is 488. The van der Waals surface area contributed by atoms with Crippen LogP contribution in [0.1, 0.15) is 5.56 Å². The van der Waals surface area contributed by atoms with Gasteiger partial charge in [0.25, 0.3) is 4.92 Å². The molecule has 1 N–H and O–H groups in total. The van der Waals surface area contributed by atoms with Crippen LogP contribution in [0.3, 0.4) is 0 Å². The Morgan fingerprint density at radius 3 is 2.86 bits per heavy atom. The highest BCUT2D eigenvalue weighted by Gasteiger charge is 2.19. The fourth-order valence-corrected chi connectivity index (χ4v) is 1.57. The van der Waals surface area contributed by atoms with Crippen molar-refractivity contribution in [1.29, 1.82) is 0 Å². The summed E-state index contributed by atoms with van der Waals surface area (Å²) in [6.07, 6.45) is 1.85. The lowest BCUT2D eigenvalue weighted by atomic mass is 10.1. The Morgan fingerprint density at radius 1 is 1.36 bits per heavy atom. The summed E-state index contributed by atoms with van der Waals surface area (Å²) in [5, 5.41) is 1.04. The zero-order chi connectivity index (χ0) is 10.1. The third-order valence-electron chi connectivity index (χ3n) is 2.34. The first kappa shape index (κ1) is 8.74. The Labute approximate surface area is 81.0 Å². The van der Waals surface area contributed by atoms with E-state index < -0.39 is 0 Å². The van der Waals surface area contributed by atoms with Crippen molar-refractivity contribution in [3.63, 3.8) is 0 Å².